The van der Waals surface area contributed by atoms with Gasteiger partial charge in [0.1, 0.15) is 17.8 Å². The number of fused-ring (bicyclic) bond motifs is 3. The maximum Gasteiger partial charge on any atom is 0.319 e. The number of amides is 2. The average molecular weight is 530 g/mol. The van der Waals surface area contributed by atoms with Crippen molar-refractivity contribution in [2.24, 2.45) is 0 Å². The van der Waals surface area contributed by atoms with Gasteiger partial charge in [0.2, 0.25) is 0 Å². The molecule has 0 spiro atoms. The maximum absolute atomic E-state index is 12.8. The second-order valence-corrected chi connectivity index (χ2v) is 9.99. The van der Waals surface area contributed by atoms with Crippen molar-refractivity contribution in [3.05, 3.63) is 96.7 Å². The Kier molecular flexibility index (Phi) is 5.85. The van der Waals surface area contributed by atoms with E-state index >= 15 is 0 Å². The number of hydrogen-bond acceptors (Lipinski definition) is 6. The van der Waals surface area contributed by atoms with Gasteiger partial charge in [-0.05, 0) is 48.7 Å². The molecule has 1 unspecified atom stereocenters. The Balaban J connectivity index is 1.01. The van der Waals surface area contributed by atoms with Crippen molar-refractivity contribution in [1.29, 1.82) is 0 Å². The van der Waals surface area contributed by atoms with Crippen molar-refractivity contribution in [3.8, 4) is 11.3 Å². The van der Waals surface area contributed by atoms with Gasteiger partial charge in [0, 0.05) is 48.3 Å². The molecule has 0 saturated carbocycles. The Labute approximate surface area is 230 Å². The molecule has 0 radical (unpaired) electrons. The number of H-pyrrole nitrogens is 1. The van der Waals surface area contributed by atoms with Crippen LogP contribution in [0, 0.1) is 6.92 Å². The molecule has 4 aromatic heterocycles. The predicted molar refractivity (Wildman–Crippen MR) is 155 cm³/mol. The van der Waals surface area contributed by atoms with Crippen LogP contribution in [0.15, 0.2) is 85.6 Å². The van der Waals surface area contributed by atoms with Crippen molar-refractivity contribution in [2.45, 2.75) is 19.3 Å². The number of imidazole rings is 1. The fourth-order valence-corrected chi connectivity index (χ4v) is 5.49. The molecule has 0 bridgehead atoms. The SMILES string of the molecule is Cc1cccn2cc(-c3cccc(NC(=O)NCCC4CN(c5ncnc6[nH]ncc56)c5ccccc54)c3)nc12. The molecule has 2 aromatic carbocycles. The summed E-state index contributed by atoms with van der Waals surface area (Å²) in [5.41, 5.74) is 7.64. The third-order valence-electron chi connectivity index (χ3n) is 7.43. The van der Waals surface area contributed by atoms with Gasteiger partial charge in [0.05, 0.1) is 17.3 Å². The summed E-state index contributed by atoms with van der Waals surface area (Å²) >= 11 is 0. The molecule has 2 amide bonds. The van der Waals surface area contributed by atoms with Gasteiger partial charge in [0.15, 0.2) is 5.65 Å². The molecule has 0 fully saturated rings. The smallest absolute Gasteiger partial charge is 0.319 e. The van der Waals surface area contributed by atoms with E-state index in [0.717, 1.165) is 52.3 Å². The van der Waals surface area contributed by atoms with E-state index in [2.05, 4.69) is 53.9 Å². The minimum Gasteiger partial charge on any atom is -0.338 e. The van der Waals surface area contributed by atoms with E-state index in [9.17, 15) is 4.79 Å². The minimum absolute atomic E-state index is 0.234. The van der Waals surface area contributed by atoms with Crippen molar-refractivity contribution < 1.29 is 4.79 Å². The number of pyridine rings is 1. The predicted octanol–water partition coefficient (Wildman–Crippen LogP) is 5.42. The fourth-order valence-electron chi connectivity index (χ4n) is 5.49. The van der Waals surface area contributed by atoms with Crippen LogP contribution in [0.25, 0.3) is 27.9 Å². The number of aryl methyl sites for hydroxylation is 1. The zero-order chi connectivity index (χ0) is 27.1. The van der Waals surface area contributed by atoms with Crippen LogP contribution in [-0.4, -0.2) is 48.7 Å². The second-order valence-electron chi connectivity index (χ2n) is 9.99. The van der Waals surface area contributed by atoms with Gasteiger partial charge >= 0.3 is 6.03 Å². The zero-order valence-electron chi connectivity index (χ0n) is 21.9. The molecule has 0 saturated heterocycles. The molecule has 1 aliphatic rings. The Hall–Kier alpha value is -5.25. The van der Waals surface area contributed by atoms with Crippen LogP contribution in [0.3, 0.4) is 0 Å². The van der Waals surface area contributed by atoms with E-state index in [4.69, 9.17) is 4.98 Å². The maximum atomic E-state index is 12.8. The van der Waals surface area contributed by atoms with Crippen LogP contribution in [0.1, 0.15) is 23.5 Å². The number of carbonyl (C=O) groups excluding carboxylic acids is 1. The van der Waals surface area contributed by atoms with Gasteiger partial charge in [-0.3, -0.25) is 5.10 Å². The van der Waals surface area contributed by atoms with Gasteiger partial charge < -0.3 is 19.9 Å². The van der Waals surface area contributed by atoms with Crippen LogP contribution in [-0.2, 0) is 0 Å². The number of rotatable bonds is 6. The number of aromatic nitrogens is 6. The van der Waals surface area contributed by atoms with Crippen LogP contribution >= 0.6 is 0 Å². The van der Waals surface area contributed by atoms with E-state index in [0.29, 0.717) is 17.9 Å². The second kappa shape index (κ2) is 9.81. The third-order valence-corrected chi connectivity index (χ3v) is 7.43. The highest BCUT2D eigenvalue weighted by molar-refractivity contribution is 5.91. The van der Waals surface area contributed by atoms with Gasteiger partial charge in [0.25, 0.3) is 0 Å². The number of aromatic amines is 1. The topological polar surface area (TPSA) is 116 Å². The number of para-hydroxylation sites is 1. The zero-order valence-corrected chi connectivity index (χ0v) is 21.9. The fraction of sp³-hybridized carbons (Fsp3) is 0.167. The third kappa shape index (κ3) is 4.29. The molecule has 198 valence electrons. The van der Waals surface area contributed by atoms with Crippen molar-refractivity contribution in [3.63, 3.8) is 0 Å². The van der Waals surface area contributed by atoms with Crippen molar-refractivity contribution in [1.82, 2.24) is 34.9 Å². The lowest BCUT2D eigenvalue weighted by atomic mass is 9.98. The number of carbonyl (C=O) groups is 1. The molecule has 40 heavy (non-hydrogen) atoms. The first kappa shape index (κ1) is 23.8. The highest BCUT2D eigenvalue weighted by atomic mass is 16.2. The molecular formula is C30H27N9O. The van der Waals surface area contributed by atoms with Crippen molar-refractivity contribution >= 4 is 39.9 Å². The summed E-state index contributed by atoms with van der Waals surface area (Å²) in [7, 11) is 0. The Morgan fingerprint density at radius 2 is 2.02 bits per heavy atom. The molecule has 1 aliphatic heterocycles. The summed E-state index contributed by atoms with van der Waals surface area (Å²) in [6, 6.07) is 19.9. The largest absolute Gasteiger partial charge is 0.338 e. The Morgan fingerprint density at radius 1 is 1.10 bits per heavy atom. The van der Waals surface area contributed by atoms with Crippen LogP contribution < -0.4 is 15.5 Å². The van der Waals surface area contributed by atoms with Crippen LogP contribution in [0.4, 0.5) is 22.0 Å². The lowest BCUT2D eigenvalue weighted by Crippen LogP contribution is -2.30. The monoisotopic (exact) mass is 529 g/mol. The lowest BCUT2D eigenvalue weighted by molar-refractivity contribution is 0.252. The molecular weight excluding hydrogens is 502 g/mol. The van der Waals surface area contributed by atoms with Gasteiger partial charge in [-0.25, -0.2) is 19.7 Å². The molecule has 1 atom stereocenters. The number of urea groups is 1. The molecule has 3 N–H and O–H groups in total. The lowest BCUT2D eigenvalue weighted by Gasteiger charge is -2.19. The van der Waals surface area contributed by atoms with Gasteiger partial charge in [-0.1, -0.05) is 36.4 Å². The summed E-state index contributed by atoms with van der Waals surface area (Å²) in [4.78, 5) is 28.6. The summed E-state index contributed by atoms with van der Waals surface area (Å²) in [6.07, 6.45) is 8.10. The number of nitrogens with one attached hydrogen (secondary N) is 3. The van der Waals surface area contributed by atoms with E-state index in [1.54, 1.807) is 12.5 Å². The summed E-state index contributed by atoms with van der Waals surface area (Å²) in [6.45, 7) is 3.35. The number of anilines is 3. The molecule has 7 rings (SSSR count). The Bertz CT molecular complexity index is 1860. The van der Waals surface area contributed by atoms with E-state index in [1.807, 2.05) is 66.2 Å². The van der Waals surface area contributed by atoms with Gasteiger partial charge in [-0.2, -0.15) is 5.10 Å². The number of hydrogen-bond donors (Lipinski definition) is 3. The quantitative estimate of drug-likeness (QED) is 0.265. The molecule has 10 heteroatoms. The van der Waals surface area contributed by atoms with E-state index in [1.165, 1.54) is 5.56 Å². The van der Waals surface area contributed by atoms with E-state index < -0.39 is 0 Å². The minimum atomic E-state index is -0.234. The standard InChI is InChI=1S/C30H27N9O/c1-19-6-5-13-38-17-25(36-28(19)38)20-7-4-8-22(14-20)35-30(40)31-12-11-21-16-39(26-10-3-2-9-23(21)26)29-24-15-34-37-27(24)32-18-33-29/h2-10,13-15,17-18,21H,11-12,16H2,1H3,(H2,31,35,40)(H,32,33,34,37). The first-order valence-electron chi connectivity index (χ1n) is 13.2. The normalized spacial score (nSPS) is 14.5. The Morgan fingerprint density at radius 3 is 2.95 bits per heavy atom. The van der Waals surface area contributed by atoms with Crippen LogP contribution in [0.2, 0.25) is 0 Å². The van der Waals surface area contributed by atoms with Crippen LogP contribution in [0.5, 0.6) is 0 Å². The summed E-state index contributed by atoms with van der Waals surface area (Å²) in [5.74, 6) is 1.08. The molecule has 10 nitrogen and oxygen atoms in total. The van der Waals surface area contributed by atoms with Gasteiger partial charge in [-0.15, -0.1) is 0 Å². The van der Waals surface area contributed by atoms with E-state index in [-0.39, 0.29) is 11.9 Å². The summed E-state index contributed by atoms with van der Waals surface area (Å²) < 4.78 is 2.02. The van der Waals surface area contributed by atoms with Crippen molar-refractivity contribution in [2.75, 3.05) is 23.3 Å². The summed E-state index contributed by atoms with van der Waals surface area (Å²) in [5, 5.41) is 13.9. The molecule has 6 aromatic rings. The number of benzene rings is 2. The first-order valence-corrected chi connectivity index (χ1v) is 13.2. The average Bonchev–Trinajstić information content (AvgIpc) is 3.71. The molecule has 5 heterocycles. The first-order chi connectivity index (χ1) is 19.6. The highest BCUT2D eigenvalue weighted by Gasteiger charge is 2.31. The highest BCUT2D eigenvalue weighted by Crippen LogP contribution is 2.42. The number of nitrogens with zero attached hydrogens (tertiary/aromatic N) is 6. The molecule has 0 aliphatic carbocycles.